The zero-order valence-electron chi connectivity index (χ0n) is 18.9. The van der Waals surface area contributed by atoms with Crippen LogP contribution in [0.2, 0.25) is 5.02 Å². The van der Waals surface area contributed by atoms with E-state index in [-0.39, 0.29) is 23.0 Å². The quantitative estimate of drug-likeness (QED) is 0.437. The van der Waals surface area contributed by atoms with Crippen LogP contribution in [0.15, 0.2) is 42.6 Å². The van der Waals surface area contributed by atoms with Gasteiger partial charge in [-0.3, -0.25) is 9.69 Å². The molecular formula is C25H25ClF4N4O. The number of nitrogens with zero attached hydrogens (tertiary/aromatic N) is 4. The molecule has 5 nitrogen and oxygen atoms in total. The van der Waals surface area contributed by atoms with Crippen LogP contribution in [0.25, 0.3) is 5.57 Å². The lowest BCUT2D eigenvalue weighted by atomic mass is 9.97. The van der Waals surface area contributed by atoms with E-state index in [1.165, 1.54) is 12.1 Å². The molecule has 0 N–H and O–H groups in total. The lowest BCUT2D eigenvalue weighted by Crippen LogP contribution is -2.56. The van der Waals surface area contributed by atoms with Crippen LogP contribution >= 0.6 is 11.6 Å². The van der Waals surface area contributed by atoms with Crippen LogP contribution in [0.1, 0.15) is 30.4 Å². The fourth-order valence-corrected chi connectivity index (χ4v) is 5.68. The van der Waals surface area contributed by atoms with Gasteiger partial charge in [-0.05, 0) is 54.7 Å². The Kier molecular flexibility index (Phi) is 6.48. The average molecular weight is 509 g/mol. The van der Waals surface area contributed by atoms with E-state index in [1.54, 1.807) is 23.2 Å². The second kappa shape index (κ2) is 9.43. The standard InChI is InChI=1S/C25H25ClF4N4O/c26-22-5-1-17(11-21(22)25(28,29)30)16-7-9-33(10-8-16)24(35)15-32-13-19-2-3-20(14-32)34(19)18-4-6-23(27)31-12-18/h1,4-7,11-12,19-20H,2-3,8-10,13-15H2. The second-order valence-electron chi connectivity index (χ2n) is 9.34. The normalized spacial score (nSPS) is 22.9. The Bertz CT molecular complexity index is 1120. The molecule has 0 radical (unpaired) electrons. The molecule has 2 atom stereocenters. The van der Waals surface area contributed by atoms with Crippen molar-refractivity contribution in [3.05, 3.63) is 64.7 Å². The highest BCUT2D eigenvalue weighted by molar-refractivity contribution is 6.31. The molecule has 2 fully saturated rings. The zero-order chi connectivity index (χ0) is 24.7. The molecule has 0 spiro atoms. The number of carbonyl (C=O) groups excluding carboxylic acids is 1. The molecule has 10 heteroatoms. The summed E-state index contributed by atoms with van der Waals surface area (Å²) in [6, 6.07) is 7.59. The Morgan fingerprint density at radius 3 is 2.46 bits per heavy atom. The van der Waals surface area contributed by atoms with E-state index in [9.17, 15) is 22.4 Å². The molecule has 0 aliphatic carbocycles. The smallest absolute Gasteiger partial charge is 0.362 e. The molecule has 5 rings (SSSR count). The number of likely N-dealkylation sites (tertiary alicyclic amines) is 1. The highest BCUT2D eigenvalue weighted by Crippen LogP contribution is 2.37. The second-order valence-corrected chi connectivity index (χ2v) is 9.74. The van der Waals surface area contributed by atoms with Gasteiger partial charge in [0.25, 0.3) is 0 Å². The van der Waals surface area contributed by atoms with Gasteiger partial charge in [0.05, 0.1) is 29.0 Å². The summed E-state index contributed by atoms with van der Waals surface area (Å²) in [6.45, 7) is 2.64. The fourth-order valence-electron chi connectivity index (χ4n) is 5.45. The molecule has 3 aliphatic rings. The number of hydrogen-bond donors (Lipinski definition) is 0. The number of pyridine rings is 1. The molecule has 0 saturated carbocycles. The summed E-state index contributed by atoms with van der Waals surface area (Å²) in [5.41, 5.74) is 1.34. The molecule has 4 heterocycles. The topological polar surface area (TPSA) is 39.7 Å². The van der Waals surface area contributed by atoms with Crippen molar-refractivity contribution in [3.63, 3.8) is 0 Å². The molecule has 35 heavy (non-hydrogen) atoms. The number of halogens is 5. The molecule has 2 saturated heterocycles. The van der Waals surface area contributed by atoms with Crippen LogP contribution < -0.4 is 4.90 Å². The molecule has 1 aromatic carbocycles. The molecule has 3 aliphatic heterocycles. The van der Waals surface area contributed by atoms with E-state index in [4.69, 9.17) is 11.6 Å². The predicted octanol–water partition coefficient (Wildman–Crippen LogP) is 4.86. The molecule has 2 unspecified atom stereocenters. The molecule has 2 aromatic rings. The van der Waals surface area contributed by atoms with Crippen LogP contribution in [-0.4, -0.2) is 65.5 Å². The largest absolute Gasteiger partial charge is 0.417 e. The lowest BCUT2D eigenvalue weighted by Gasteiger charge is -2.42. The summed E-state index contributed by atoms with van der Waals surface area (Å²) in [5.74, 6) is -0.482. The first-order valence-corrected chi connectivity index (χ1v) is 12.0. The molecule has 2 bridgehead atoms. The third-order valence-corrected chi connectivity index (χ3v) is 7.46. The van der Waals surface area contributed by atoms with Crippen molar-refractivity contribution >= 4 is 28.8 Å². The van der Waals surface area contributed by atoms with Crippen LogP contribution in [0.3, 0.4) is 0 Å². The monoisotopic (exact) mass is 508 g/mol. The minimum atomic E-state index is -4.51. The van der Waals surface area contributed by atoms with Gasteiger partial charge in [0, 0.05) is 38.3 Å². The van der Waals surface area contributed by atoms with Crippen molar-refractivity contribution in [2.45, 2.75) is 37.5 Å². The Morgan fingerprint density at radius 1 is 1.11 bits per heavy atom. The van der Waals surface area contributed by atoms with Gasteiger partial charge < -0.3 is 9.80 Å². The van der Waals surface area contributed by atoms with Crippen molar-refractivity contribution < 1.29 is 22.4 Å². The van der Waals surface area contributed by atoms with Gasteiger partial charge in [0.15, 0.2) is 0 Å². The number of alkyl halides is 3. The minimum absolute atomic E-state index is 0.0173. The lowest BCUT2D eigenvalue weighted by molar-refractivity contribution is -0.137. The van der Waals surface area contributed by atoms with Crippen molar-refractivity contribution in [1.82, 2.24) is 14.8 Å². The van der Waals surface area contributed by atoms with Gasteiger partial charge in [0.1, 0.15) is 0 Å². The van der Waals surface area contributed by atoms with Gasteiger partial charge in [0.2, 0.25) is 11.9 Å². The third-order valence-electron chi connectivity index (χ3n) is 7.13. The maximum absolute atomic E-state index is 13.2. The number of hydrogen-bond acceptors (Lipinski definition) is 4. The van der Waals surface area contributed by atoms with Gasteiger partial charge in [-0.2, -0.15) is 17.6 Å². The molecule has 186 valence electrons. The minimum Gasteiger partial charge on any atom is -0.362 e. The first kappa shape index (κ1) is 24.1. The zero-order valence-corrected chi connectivity index (χ0v) is 19.7. The van der Waals surface area contributed by atoms with Crippen molar-refractivity contribution in [2.24, 2.45) is 0 Å². The van der Waals surface area contributed by atoms with Gasteiger partial charge >= 0.3 is 6.18 Å². The number of anilines is 1. The summed E-state index contributed by atoms with van der Waals surface area (Å²) in [4.78, 5) is 23.0. The van der Waals surface area contributed by atoms with E-state index in [2.05, 4.69) is 14.8 Å². The summed E-state index contributed by atoms with van der Waals surface area (Å²) in [5, 5.41) is -0.320. The maximum Gasteiger partial charge on any atom is 0.417 e. The number of benzene rings is 1. The summed E-state index contributed by atoms with van der Waals surface area (Å²) in [6.07, 6.45) is 1.40. The van der Waals surface area contributed by atoms with Crippen molar-refractivity contribution in [3.8, 4) is 0 Å². The Balaban J connectivity index is 1.19. The first-order chi connectivity index (χ1) is 16.7. The average Bonchev–Trinajstić information content (AvgIpc) is 3.09. The van der Waals surface area contributed by atoms with Crippen molar-refractivity contribution in [2.75, 3.05) is 37.6 Å². The van der Waals surface area contributed by atoms with E-state index >= 15 is 0 Å². The maximum atomic E-state index is 13.2. The molecule has 1 amide bonds. The Labute approximate surface area is 206 Å². The number of fused-ring (bicyclic) bond motifs is 2. The number of amides is 1. The summed E-state index contributed by atoms with van der Waals surface area (Å²) >= 11 is 5.73. The fraction of sp³-hybridized carbons (Fsp3) is 0.440. The van der Waals surface area contributed by atoms with Gasteiger partial charge in [-0.25, -0.2) is 4.98 Å². The number of piperazine rings is 1. The SMILES string of the molecule is O=C(CN1CC2CCC(C1)N2c1ccc(F)nc1)N1CC=C(c2ccc(Cl)c(C(F)(F)F)c2)CC1. The first-order valence-electron chi connectivity index (χ1n) is 11.7. The number of carbonyl (C=O) groups is 1. The Morgan fingerprint density at radius 2 is 1.86 bits per heavy atom. The molecule has 1 aromatic heterocycles. The summed E-state index contributed by atoms with van der Waals surface area (Å²) < 4.78 is 52.8. The van der Waals surface area contributed by atoms with Gasteiger partial charge in [-0.15, -0.1) is 0 Å². The number of rotatable bonds is 4. The van der Waals surface area contributed by atoms with E-state index < -0.39 is 17.7 Å². The third kappa shape index (κ3) is 5.02. The number of aromatic nitrogens is 1. The molecular weight excluding hydrogens is 484 g/mol. The highest BCUT2D eigenvalue weighted by atomic mass is 35.5. The van der Waals surface area contributed by atoms with Gasteiger partial charge in [-0.1, -0.05) is 23.7 Å². The van der Waals surface area contributed by atoms with E-state index in [0.29, 0.717) is 31.6 Å². The van der Waals surface area contributed by atoms with Crippen LogP contribution in [0, 0.1) is 5.95 Å². The van der Waals surface area contributed by atoms with E-state index in [1.807, 2.05) is 6.08 Å². The van der Waals surface area contributed by atoms with Crippen LogP contribution in [-0.2, 0) is 11.0 Å². The summed E-state index contributed by atoms with van der Waals surface area (Å²) in [7, 11) is 0. The van der Waals surface area contributed by atoms with Crippen molar-refractivity contribution in [1.29, 1.82) is 0 Å². The Hall–Kier alpha value is -2.65. The van der Waals surface area contributed by atoms with Crippen LogP contribution in [0.4, 0.5) is 23.2 Å². The van der Waals surface area contributed by atoms with Crippen LogP contribution in [0.5, 0.6) is 0 Å². The predicted molar refractivity (Wildman–Crippen MR) is 126 cm³/mol. The highest BCUT2D eigenvalue weighted by Gasteiger charge is 2.41. The van der Waals surface area contributed by atoms with E-state index in [0.717, 1.165) is 43.3 Å².